The molecule has 0 saturated carbocycles. The molecule has 2 rings (SSSR count). The van der Waals surface area contributed by atoms with Crippen LogP contribution in [0.15, 0.2) is 54.6 Å². The number of amides is 1. The summed E-state index contributed by atoms with van der Waals surface area (Å²) >= 11 is 0. The van der Waals surface area contributed by atoms with E-state index in [1.807, 2.05) is 30.3 Å². The molecule has 0 atom stereocenters. The topological polar surface area (TPSA) is 66.5 Å². The Kier molecular flexibility index (Phi) is 5.98. The third kappa shape index (κ3) is 4.83. The molecule has 128 valence electrons. The maximum atomic E-state index is 12.1. The summed E-state index contributed by atoms with van der Waals surface area (Å²) in [6.45, 7) is 2.67. The molecule has 6 heteroatoms. The van der Waals surface area contributed by atoms with E-state index in [9.17, 15) is 13.2 Å². The van der Waals surface area contributed by atoms with Gasteiger partial charge in [0.05, 0.1) is 11.9 Å². The fraction of sp³-hybridized carbons (Fsp3) is 0.278. The van der Waals surface area contributed by atoms with Crippen molar-refractivity contribution < 1.29 is 13.2 Å². The molecule has 0 aromatic heterocycles. The van der Waals surface area contributed by atoms with Crippen LogP contribution in [0.2, 0.25) is 0 Å². The van der Waals surface area contributed by atoms with E-state index in [-0.39, 0.29) is 5.91 Å². The minimum absolute atomic E-state index is 0.167. The highest BCUT2D eigenvalue weighted by Crippen LogP contribution is 2.18. The number of hydrogen-bond acceptors (Lipinski definition) is 3. The summed E-state index contributed by atoms with van der Waals surface area (Å²) in [7, 11) is -3.31. The normalized spacial score (nSPS) is 11.1. The lowest BCUT2D eigenvalue weighted by atomic mass is 10.1. The highest BCUT2D eigenvalue weighted by Gasteiger charge is 2.15. The predicted octanol–water partition coefficient (Wildman–Crippen LogP) is 2.45. The molecule has 0 aliphatic rings. The van der Waals surface area contributed by atoms with Crippen molar-refractivity contribution in [3.63, 3.8) is 0 Å². The number of hydrogen-bond donors (Lipinski definition) is 1. The van der Waals surface area contributed by atoms with E-state index in [0.717, 1.165) is 6.42 Å². The van der Waals surface area contributed by atoms with Crippen LogP contribution in [0, 0.1) is 0 Å². The molecule has 1 amide bonds. The van der Waals surface area contributed by atoms with Crippen LogP contribution in [0.1, 0.15) is 22.8 Å². The summed E-state index contributed by atoms with van der Waals surface area (Å²) in [6, 6.07) is 16.5. The second-order valence-corrected chi connectivity index (χ2v) is 7.37. The maximum Gasteiger partial charge on any atom is 0.251 e. The molecule has 5 nitrogen and oxygen atoms in total. The standard InChI is InChI=1S/C18H22N2O3S/c1-3-20(24(2,22)23)17-11-9-16(10-12-17)18(21)19-14-13-15-7-5-4-6-8-15/h4-12H,3,13-14H2,1-2H3,(H,19,21). The van der Waals surface area contributed by atoms with Crippen LogP contribution in [0.5, 0.6) is 0 Å². The van der Waals surface area contributed by atoms with Gasteiger partial charge >= 0.3 is 0 Å². The van der Waals surface area contributed by atoms with Crippen LogP contribution < -0.4 is 9.62 Å². The second-order valence-electron chi connectivity index (χ2n) is 5.47. The zero-order valence-electron chi connectivity index (χ0n) is 13.9. The van der Waals surface area contributed by atoms with E-state index in [1.54, 1.807) is 31.2 Å². The number of benzene rings is 2. The Balaban J connectivity index is 1.96. The van der Waals surface area contributed by atoms with E-state index >= 15 is 0 Å². The molecule has 0 radical (unpaired) electrons. The van der Waals surface area contributed by atoms with Crippen molar-refractivity contribution in [2.24, 2.45) is 0 Å². The molecule has 0 bridgehead atoms. The molecule has 0 saturated heterocycles. The number of anilines is 1. The van der Waals surface area contributed by atoms with Gasteiger partial charge in [-0.1, -0.05) is 30.3 Å². The van der Waals surface area contributed by atoms with Gasteiger partial charge in [-0.3, -0.25) is 9.10 Å². The Bertz CT molecular complexity index is 772. The lowest BCUT2D eigenvalue weighted by Gasteiger charge is -2.20. The van der Waals surface area contributed by atoms with Gasteiger partial charge in [-0.2, -0.15) is 0 Å². The summed E-state index contributed by atoms with van der Waals surface area (Å²) < 4.78 is 24.7. The van der Waals surface area contributed by atoms with Crippen LogP contribution in [0.4, 0.5) is 5.69 Å². The summed E-state index contributed by atoms with van der Waals surface area (Å²) in [5.74, 6) is -0.167. The first-order chi connectivity index (χ1) is 11.4. The maximum absolute atomic E-state index is 12.1. The van der Waals surface area contributed by atoms with Gasteiger partial charge in [0.25, 0.3) is 5.91 Å². The smallest absolute Gasteiger partial charge is 0.251 e. The van der Waals surface area contributed by atoms with Crippen LogP contribution in [0.3, 0.4) is 0 Å². The number of nitrogens with zero attached hydrogens (tertiary/aromatic N) is 1. The van der Waals surface area contributed by atoms with Crippen molar-refractivity contribution in [1.29, 1.82) is 0 Å². The number of sulfonamides is 1. The average Bonchev–Trinajstić information content (AvgIpc) is 2.56. The molecule has 0 spiro atoms. The van der Waals surface area contributed by atoms with Crippen LogP contribution >= 0.6 is 0 Å². The third-order valence-electron chi connectivity index (χ3n) is 3.65. The largest absolute Gasteiger partial charge is 0.352 e. The van der Waals surface area contributed by atoms with E-state index in [2.05, 4.69) is 5.32 Å². The minimum atomic E-state index is -3.31. The van der Waals surface area contributed by atoms with Gasteiger partial charge in [0.15, 0.2) is 0 Å². The van der Waals surface area contributed by atoms with Gasteiger partial charge in [0, 0.05) is 18.7 Å². The summed E-state index contributed by atoms with van der Waals surface area (Å²) in [5, 5.41) is 2.87. The number of rotatable bonds is 7. The molecular weight excluding hydrogens is 324 g/mol. The number of carbonyl (C=O) groups is 1. The van der Waals surface area contributed by atoms with Gasteiger partial charge in [0.2, 0.25) is 10.0 Å². The zero-order chi connectivity index (χ0) is 17.6. The van der Waals surface area contributed by atoms with Gasteiger partial charge in [-0.15, -0.1) is 0 Å². The predicted molar refractivity (Wildman–Crippen MR) is 96.8 cm³/mol. The monoisotopic (exact) mass is 346 g/mol. The lowest BCUT2D eigenvalue weighted by molar-refractivity contribution is 0.0954. The lowest BCUT2D eigenvalue weighted by Crippen LogP contribution is -2.29. The van der Waals surface area contributed by atoms with Crippen LogP contribution in [-0.2, 0) is 16.4 Å². The Labute approximate surface area is 143 Å². The minimum Gasteiger partial charge on any atom is -0.352 e. The second kappa shape index (κ2) is 7.97. The van der Waals surface area contributed by atoms with Crippen molar-refractivity contribution >= 4 is 21.6 Å². The summed E-state index contributed by atoms with van der Waals surface area (Å²) in [6.07, 6.45) is 1.93. The Morgan fingerprint density at radius 2 is 1.67 bits per heavy atom. The molecule has 24 heavy (non-hydrogen) atoms. The molecular formula is C18H22N2O3S. The first-order valence-corrected chi connectivity index (χ1v) is 9.66. The molecule has 0 heterocycles. The van der Waals surface area contributed by atoms with E-state index in [1.165, 1.54) is 16.1 Å². The number of nitrogens with one attached hydrogen (secondary N) is 1. The summed E-state index contributed by atoms with van der Waals surface area (Å²) in [4.78, 5) is 12.1. The molecule has 0 aliphatic carbocycles. The Morgan fingerprint density at radius 3 is 2.21 bits per heavy atom. The fourth-order valence-corrected chi connectivity index (χ4v) is 3.43. The quantitative estimate of drug-likeness (QED) is 0.837. The molecule has 2 aromatic carbocycles. The summed E-state index contributed by atoms with van der Waals surface area (Å²) in [5.41, 5.74) is 2.23. The van der Waals surface area contributed by atoms with Crippen molar-refractivity contribution in [1.82, 2.24) is 5.32 Å². The van der Waals surface area contributed by atoms with E-state index < -0.39 is 10.0 Å². The Hall–Kier alpha value is -2.34. The highest BCUT2D eigenvalue weighted by molar-refractivity contribution is 7.92. The first-order valence-electron chi connectivity index (χ1n) is 7.81. The van der Waals surface area contributed by atoms with Crippen LogP contribution in [0.25, 0.3) is 0 Å². The van der Waals surface area contributed by atoms with E-state index in [4.69, 9.17) is 0 Å². The molecule has 0 unspecified atom stereocenters. The molecule has 2 aromatic rings. The SMILES string of the molecule is CCN(c1ccc(C(=O)NCCc2ccccc2)cc1)S(C)(=O)=O. The van der Waals surface area contributed by atoms with Crippen molar-refractivity contribution in [3.8, 4) is 0 Å². The fourth-order valence-electron chi connectivity index (χ4n) is 2.45. The van der Waals surface area contributed by atoms with Gasteiger partial charge in [0.1, 0.15) is 0 Å². The molecule has 0 aliphatic heterocycles. The van der Waals surface area contributed by atoms with Gasteiger partial charge < -0.3 is 5.32 Å². The van der Waals surface area contributed by atoms with Crippen molar-refractivity contribution in [3.05, 3.63) is 65.7 Å². The average molecular weight is 346 g/mol. The molecule has 0 fully saturated rings. The first kappa shape index (κ1) is 18.0. The Morgan fingerprint density at radius 1 is 1.04 bits per heavy atom. The highest BCUT2D eigenvalue weighted by atomic mass is 32.2. The number of carbonyl (C=O) groups excluding carboxylic acids is 1. The molecule has 1 N–H and O–H groups in total. The van der Waals surface area contributed by atoms with Gasteiger partial charge in [-0.05, 0) is 43.2 Å². The zero-order valence-corrected chi connectivity index (χ0v) is 14.7. The van der Waals surface area contributed by atoms with Crippen molar-refractivity contribution in [2.75, 3.05) is 23.7 Å². The third-order valence-corrected chi connectivity index (χ3v) is 4.92. The van der Waals surface area contributed by atoms with Gasteiger partial charge in [-0.25, -0.2) is 8.42 Å². The van der Waals surface area contributed by atoms with Crippen molar-refractivity contribution in [2.45, 2.75) is 13.3 Å². The van der Waals surface area contributed by atoms with Crippen LogP contribution in [-0.4, -0.2) is 33.7 Å². The van der Waals surface area contributed by atoms with E-state index in [0.29, 0.717) is 24.3 Å².